The molecule has 0 aliphatic heterocycles. The Morgan fingerprint density at radius 3 is 1.18 bits per heavy atom. The van der Waals surface area contributed by atoms with Crippen molar-refractivity contribution in [3.8, 4) is 83.8 Å². The van der Waals surface area contributed by atoms with E-state index < -0.39 is 0 Å². The minimum atomic E-state index is 0.0879. The lowest BCUT2D eigenvalue weighted by molar-refractivity contribution is 0.590. The standard InChI is InChI=1S/C64H63N3/c1-11-18-60-65-62(50-25-23-47(24-26-50)53-37-51(45-19-14-12-15-20-45)36-52(38-53)46-21-16-13-17-22-46)66-67(60)61-42(2)35-59(43(3)44(61)4)56-40-54(48-27-31-57(32-28-48)63(5,6)7)39-55(41-56)49-29-33-58(34-30-49)64(8,9)10/h12-17,19-41H,11,18H2,1-10H3. The van der Waals surface area contributed by atoms with Crippen LogP contribution in [0.4, 0.5) is 0 Å². The molecule has 0 unspecified atom stereocenters. The Kier molecular flexibility index (Phi) is 12.3. The topological polar surface area (TPSA) is 30.7 Å². The zero-order valence-electron chi connectivity index (χ0n) is 41.0. The van der Waals surface area contributed by atoms with Crippen molar-refractivity contribution in [3.05, 3.63) is 210 Å². The number of aromatic nitrogens is 3. The molecule has 0 amide bonds. The Morgan fingerprint density at radius 2 is 0.776 bits per heavy atom. The number of nitrogens with zero attached hydrogens (tertiary/aromatic N) is 3. The van der Waals surface area contributed by atoms with Crippen molar-refractivity contribution < 1.29 is 0 Å². The summed E-state index contributed by atoms with van der Waals surface area (Å²) in [7, 11) is 0. The molecule has 0 saturated carbocycles. The van der Waals surface area contributed by atoms with Gasteiger partial charge in [-0.3, -0.25) is 0 Å². The molecule has 3 nitrogen and oxygen atoms in total. The van der Waals surface area contributed by atoms with E-state index in [-0.39, 0.29) is 10.8 Å². The molecule has 0 radical (unpaired) electrons. The Morgan fingerprint density at radius 1 is 0.403 bits per heavy atom. The third kappa shape index (κ3) is 9.47. The second kappa shape index (κ2) is 18.3. The van der Waals surface area contributed by atoms with Crippen molar-refractivity contribution in [3.63, 3.8) is 0 Å². The molecule has 0 N–H and O–H groups in total. The second-order valence-electron chi connectivity index (χ2n) is 20.4. The van der Waals surface area contributed by atoms with Crippen LogP contribution >= 0.6 is 0 Å². The van der Waals surface area contributed by atoms with Gasteiger partial charge in [0, 0.05) is 12.0 Å². The van der Waals surface area contributed by atoms with Crippen molar-refractivity contribution in [2.45, 2.75) is 92.9 Å². The zero-order chi connectivity index (χ0) is 47.0. The molecule has 0 saturated heterocycles. The summed E-state index contributed by atoms with van der Waals surface area (Å²) >= 11 is 0. The highest BCUT2D eigenvalue weighted by atomic mass is 15.4. The first-order valence-corrected chi connectivity index (χ1v) is 24.0. The second-order valence-corrected chi connectivity index (χ2v) is 20.4. The molecule has 1 heterocycles. The van der Waals surface area contributed by atoms with E-state index in [1.807, 2.05) is 0 Å². The van der Waals surface area contributed by atoms with Gasteiger partial charge in [-0.05, 0) is 175 Å². The lowest BCUT2D eigenvalue weighted by Gasteiger charge is -2.21. The summed E-state index contributed by atoms with van der Waals surface area (Å²) in [6, 6.07) is 64.7. The third-order valence-electron chi connectivity index (χ3n) is 13.5. The van der Waals surface area contributed by atoms with E-state index in [9.17, 15) is 0 Å². The molecular formula is C64H63N3. The fourth-order valence-electron chi connectivity index (χ4n) is 9.37. The molecule has 1 aromatic heterocycles. The summed E-state index contributed by atoms with van der Waals surface area (Å²) in [5.74, 6) is 1.72. The van der Waals surface area contributed by atoms with E-state index in [1.165, 1.54) is 89.0 Å². The summed E-state index contributed by atoms with van der Waals surface area (Å²) in [6.07, 6.45) is 1.80. The molecule has 0 bridgehead atoms. The number of aryl methyl sites for hydroxylation is 2. The molecule has 0 aliphatic carbocycles. The number of hydrogen-bond acceptors (Lipinski definition) is 2. The summed E-state index contributed by atoms with van der Waals surface area (Å²) in [5.41, 5.74) is 23.0. The van der Waals surface area contributed by atoms with E-state index in [4.69, 9.17) is 10.1 Å². The van der Waals surface area contributed by atoms with Crippen molar-refractivity contribution >= 4 is 0 Å². The normalized spacial score (nSPS) is 11.9. The van der Waals surface area contributed by atoms with E-state index in [0.29, 0.717) is 0 Å². The predicted molar refractivity (Wildman–Crippen MR) is 285 cm³/mol. The first-order chi connectivity index (χ1) is 32.1. The van der Waals surface area contributed by atoms with Crippen LogP contribution in [-0.4, -0.2) is 14.8 Å². The number of benzene rings is 8. The van der Waals surface area contributed by atoms with Gasteiger partial charge in [0.05, 0.1) is 5.69 Å². The van der Waals surface area contributed by atoms with Crippen molar-refractivity contribution in [1.29, 1.82) is 0 Å². The minimum absolute atomic E-state index is 0.0879. The van der Waals surface area contributed by atoms with Crippen LogP contribution in [0.3, 0.4) is 0 Å². The van der Waals surface area contributed by atoms with Crippen molar-refractivity contribution in [1.82, 2.24) is 14.8 Å². The molecule has 9 aromatic rings. The largest absolute Gasteiger partial charge is 0.217 e. The molecule has 0 aliphatic rings. The number of hydrogen-bond donors (Lipinski definition) is 0. The predicted octanol–water partition coefficient (Wildman–Crippen LogP) is 17.4. The highest BCUT2D eigenvalue weighted by molar-refractivity contribution is 5.85. The average molecular weight is 874 g/mol. The van der Waals surface area contributed by atoms with Crippen LogP contribution in [0.2, 0.25) is 0 Å². The zero-order valence-corrected chi connectivity index (χ0v) is 41.0. The fraction of sp³-hybridized carbons (Fsp3) is 0.219. The van der Waals surface area contributed by atoms with Gasteiger partial charge in [0.15, 0.2) is 5.82 Å². The van der Waals surface area contributed by atoms with Crippen LogP contribution in [0, 0.1) is 20.8 Å². The molecule has 8 aromatic carbocycles. The van der Waals surface area contributed by atoms with Crippen molar-refractivity contribution in [2.75, 3.05) is 0 Å². The van der Waals surface area contributed by atoms with Gasteiger partial charge in [-0.25, -0.2) is 9.67 Å². The lowest BCUT2D eigenvalue weighted by Crippen LogP contribution is -2.10. The lowest BCUT2D eigenvalue weighted by atomic mass is 9.84. The van der Waals surface area contributed by atoms with E-state index in [2.05, 4.69) is 250 Å². The van der Waals surface area contributed by atoms with Crippen molar-refractivity contribution in [2.24, 2.45) is 0 Å². The third-order valence-corrected chi connectivity index (χ3v) is 13.5. The van der Waals surface area contributed by atoms with Gasteiger partial charge in [0.25, 0.3) is 0 Å². The van der Waals surface area contributed by atoms with Gasteiger partial charge in [-0.15, -0.1) is 5.10 Å². The minimum Gasteiger partial charge on any atom is -0.217 e. The van der Waals surface area contributed by atoms with Crippen LogP contribution in [-0.2, 0) is 17.3 Å². The maximum atomic E-state index is 5.31. The first-order valence-electron chi connectivity index (χ1n) is 24.0. The Bertz CT molecular complexity index is 3040. The SMILES string of the molecule is CCCc1nc(-c2ccc(-c3cc(-c4ccccc4)cc(-c4ccccc4)c3)cc2)nn1-c1c(C)cc(-c2cc(-c3ccc(C(C)(C)C)cc3)cc(-c3ccc(C(C)(C)C)cc3)c2)c(C)c1C. The summed E-state index contributed by atoms with van der Waals surface area (Å²) in [6.45, 7) is 22.6. The van der Waals surface area contributed by atoms with Gasteiger partial charge in [-0.1, -0.05) is 182 Å². The quantitative estimate of drug-likeness (QED) is 0.137. The van der Waals surface area contributed by atoms with Gasteiger partial charge >= 0.3 is 0 Å². The number of rotatable bonds is 10. The highest BCUT2D eigenvalue weighted by Crippen LogP contribution is 2.40. The maximum Gasteiger partial charge on any atom is 0.181 e. The smallest absolute Gasteiger partial charge is 0.181 e. The molecule has 3 heteroatoms. The van der Waals surface area contributed by atoms with Gasteiger partial charge in [0.1, 0.15) is 5.82 Å². The van der Waals surface area contributed by atoms with Crippen LogP contribution in [0.25, 0.3) is 83.8 Å². The molecule has 0 fully saturated rings. The summed E-state index contributed by atoms with van der Waals surface area (Å²) < 4.78 is 2.12. The Balaban J connectivity index is 1.09. The van der Waals surface area contributed by atoms with Crippen LogP contribution in [0.15, 0.2) is 176 Å². The Labute approximate surface area is 399 Å². The Hall–Kier alpha value is -7.10. The first kappa shape index (κ1) is 45.1. The van der Waals surface area contributed by atoms with Crippen LogP contribution in [0.5, 0.6) is 0 Å². The maximum absolute atomic E-state index is 5.31. The van der Waals surface area contributed by atoms with Crippen LogP contribution < -0.4 is 0 Å². The van der Waals surface area contributed by atoms with E-state index in [1.54, 1.807) is 0 Å². The van der Waals surface area contributed by atoms with E-state index >= 15 is 0 Å². The fourth-order valence-corrected chi connectivity index (χ4v) is 9.37. The average Bonchev–Trinajstić information content (AvgIpc) is 3.75. The molecular weight excluding hydrogens is 811 g/mol. The molecule has 334 valence electrons. The van der Waals surface area contributed by atoms with Gasteiger partial charge in [0.2, 0.25) is 0 Å². The molecule has 67 heavy (non-hydrogen) atoms. The van der Waals surface area contributed by atoms with E-state index in [0.717, 1.165) is 41.3 Å². The van der Waals surface area contributed by atoms with Gasteiger partial charge in [-0.2, -0.15) is 0 Å². The molecule has 0 spiro atoms. The molecule has 0 atom stereocenters. The summed E-state index contributed by atoms with van der Waals surface area (Å²) in [4.78, 5) is 5.23. The monoisotopic (exact) mass is 874 g/mol. The molecule has 9 rings (SSSR count). The van der Waals surface area contributed by atoms with Gasteiger partial charge < -0.3 is 0 Å². The van der Waals surface area contributed by atoms with Crippen LogP contribution in [0.1, 0.15) is 88.5 Å². The summed E-state index contributed by atoms with van der Waals surface area (Å²) in [5, 5.41) is 5.31. The highest BCUT2D eigenvalue weighted by Gasteiger charge is 2.21.